The SMILES string of the molecule is CC(c1ccccc1)(c1ccccc1Cl)n1ccnc1. The molecule has 0 saturated heterocycles. The molecule has 1 unspecified atom stereocenters. The fourth-order valence-corrected chi connectivity index (χ4v) is 2.91. The van der Waals surface area contributed by atoms with E-state index < -0.39 is 0 Å². The van der Waals surface area contributed by atoms with Crippen molar-refractivity contribution in [3.05, 3.63) is 89.5 Å². The summed E-state index contributed by atoms with van der Waals surface area (Å²) in [6.45, 7) is 2.16. The van der Waals surface area contributed by atoms with E-state index in [1.54, 1.807) is 6.20 Å². The summed E-state index contributed by atoms with van der Waals surface area (Å²) in [5.41, 5.74) is 1.85. The van der Waals surface area contributed by atoms with Crippen LogP contribution in [0, 0.1) is 0 Å². The van der Waals surface area contributed by atoms with Gasteiger partial charge in [-0.1, -0.05) is 60.1 Å². The zero-order valence-corrected chi connectivity index (χ0v) is 12.0. The van der Waals surface area contributed by atoms with Crippen LogP contribution in [0.2, 0.25) is 5.02 Å². The molecule has 0 N–H and O–H groups in total. The molecule has 100 valence electrons. The van der Waals surface area contributed by atoms with Gasteiger partial charge in [-0.2, -0.15) is 0 Å². The minimum Gasteiger partial charge on any atom is -0.323 e. The van der Waals surface area contributed by atoms with E-state index in [0.717, 1.165) is 10.6 Å². The largest absolute Gasteiger partial charge is 0.323 e. The van der Waals surface area contributed by atoms with Crippen LogP contribution < -0.4 is 0 Å². The lowest BCUT2D eigenvalue weighted by Gasteiger charge is -2.33. The maximum Gasteiger partial charge on any atom is 0.0956 e. The van der Waals surface area contributed by atoms with Crippen molar-refractivity contribution in [3.63, 3.8) is 0 Å². The van der Waals surface area contributed by atoms with Gasteiger partial charge in [0.1, 0.15) is 0 Å². The van der Waals surface area contributed by atoms with Gasteiger partial charge in [-0.15, -0.1) is 0 Å². The van der Waals surface area contributed by atoms with Crippen LogP contribution in [0.5, 0.6) is 0 Å². The van der Waals surface area contributed by atoms with E-state index >= 15 is 0 Å². The van der Waals surface area contributed by atoms with Crippen molar-refractivity contribution in [3.8, 4) is 0 Å². The predicted octanol–water partition coefficient (Wildman–Crippen LogP) is 4.35. The molecule has 0 amide bonds. The molecule has 2 nitrogen and oxygen atoms in total. The monoisotopic (exact) mass is 282 g/mol. The first-order chi connectivity index (χ1) is 9.73. The van der Waals surface area contributed by atoms with Crippen molar-refractivity contribution in [2.45, 2.75) is 12.5 Å². The summed E-state index contributed by atoms with van der Waals surface area (Å²) in [7, 11) is 0. The van der Waals surface area contributed by atoms with Crippen molar-refractivity contribution in [1.29, 1.82) is 0 Å². The molecular weight excluding hydrogens is 268 g/mol. The van der Waals surface area contributed by atoms with Gasteiger partial charge in [-0.25, -0.2) is 4.98 Å². The molecule has 0 spiro atoms. The summed E-state index contributed by atoms with van der Waals surface area (Å²) in [6, 6.07) is 18.3. The smallest absolute Gasteiger partial charge is 0.0956 e. The van der Waals surface area contributed by atoms with E-state index in [0.29, 0.717) is 0 Å². The van der Waals surface area contributed by atoms with E-state index in [1.807, 2.05) is 48.9 Å². The number of aromatic nitrogens is 2. The highest BCUT2D eigenvalue weighted by atomic mass is 35.5. The first-order valence-corrected chi connectivity index (χ1v) is 6.89. The summed E-state index contributed by atoms with van der Waals surface area (Å²) in [4.78, 5) is 4.19. The van der Waals surface area contributed by atoms with Crippen molar-refractivity contribution in [2.24, 2.45) is 0 Å². The Hall–Kier alpha value is -2.06. The molecule has 0 saturated carbocycles. The van der Waals surface area contributed by atoms with Crippen LogP contribution in [0.15, 0.2) is 73.3 Å². The molecule has 0 aliphatic carbocycles. The number of hydrogen-bond acceptors (Lipinski definition) is 1. The Morgan fingerprint density at radius 1 is 1.00 bits per heavy atom. The van der Waals surface area contributed by atoms with Gasteiger partial charge in [-0.3, -0.25) is 0 Å². The molecule has 0 fully saturated rings. The standard InChI is InChI=1S/C17H15ClN2/c1-17(20-12-11-19-13-20,14-7-3-2-4-8-14)15-9-5-6-10-16(15)18/h2-13H,1H3. The highest BCUT2D eigenvalue weighted by molar-refractivity contribution is 6.31. The Labute approximate surface area is 123 Å². The summed E-state index contributed by atoms with van der Waals surface area (Å²) in [5, 5.41) is 0.757. The number of nitrogens with zero attached hydrogens (tertiary/aromatic N) is 2. The van der Waals surface area contributed by atoms with Gasteiger partial charge in [0, 0.05) is 23.0 Å². The van der Waals surface area contributed by atoms with Gasteiger partial charge in [0.2, 0.25) is 0 Å². The quantitative estimate of drug-likeness (QED) is 0.698. The lowest BCUT2D eigenvalue weighted by atomic mass is 9.84. The number of rotatable bonds is 3. The third kappa shape index (κ3) is 2.02. The molecular formula is C17H15ClN2. The van der Waals surface area contributed by atoms with Gasteiger partial charge in [0.15, 0.2) is 0 Å². The van der Waals surface area contributed by atoms with Crippen molar-refractivity contribution in [2.75, 3.05) is 0 Å². The lowest BCUT2D eigenvalue weighted by Crippen LogP contribution is -2.32. The van der Waals surface area contributed by atoms with Gasteiger partial charge >= 0.3 is 0 Å². The second kappa shape index (κ2) is 5.14. The molecule has 1 aromatic heterocycles. The minimum atomic E-state index is -0.379. The van der Waals surface area contributed by atoms with Crippen LogP contribution in [0.4, 0.5) is 0 Å². The molecule has 0 radical (unpaired) electrons. The van der Waals surface area contributed by atoms with Gasteiger partial charge in [0.05, 0.1) is 11.9 Å². The van der Waals surface area contributed by atoms with Crippen molar-refractivity contribution < 1.29 is 0 Å². The average Bonchev–Trinajstić information content (AvgIpc) is 3.03. The fraction of sp³-hybridized carbons (Fsp3) is 0.118. The van der Waals surface area contributed by atoms with Crippen LogP contribution >= 0.6 is 11.6 Å². The summed E-state index contributed by atoms with van der Waals surface area (Å²) < 4.78 is 2.09. The number of imidazole rings is 1. The Morgan fingerprint density at radius 3 is 2.35 bits per heavy atom. The normalized spacial score (nSPS) is 13.9. The van der Waals surface area contributed by atoms with E-state index in [-0.39, 0.29) is 5.54 Å². The first-order valence-electron chi connectivity index (χ1n) is 6.52. The van der Waals surface area contributed by atoms with Crippen LogP contribution in [0.3, 0.4) is 0 Å². The Kier molecular flexibility index (Phi) is 3.33. The highest BCUT2D eigenvalue weighted by Crippen LogP contribution is 2.37. The Bertz CT molecular complexity index is 692. The first kappa shape index (κ1) is 12.9. The lowest BCUT2D eigenvalue weighted by molar-refractivity contribution is 0.475. The van der Waals surface area contributed by atoms with E-state index in [2.05, 4.69) is 34.7 Å². The fourth-order valence-electron chi connectivity index (χ4n) is 2.59. The molecule has 0 bridgehead atoms. The molecule has 3 heteroatoms. The maximum atomic E-state index is 6.44. The zero-order chi connectivity index (χ0) is 14.0. The van der Waals surface area contributed by atoms with Crippen LogP contribution in [0.25, 0.3) is 0 Å². The number of benzene rings is 2. The number of halogens is 1. The zero-order valence-electron chi connectivity index (χ0n) is 11.2. The average molecular weight is 283 g/mol. The van der Waals surface area contributed by atoms with E-state index in [4.69, 9.17) is 11.6 Å². The van der Waals surface area contributed by atoms with Crippen molar-refractivity contribution in [1.82, 2.24) is 9.55 Å². The molecule has 0 aliphatic heterocycles. The van der Waals surface area contributed by atoms with E-state index in [1.165, 1.54) is 5.56 Å². The summed E-state index contributed by atoms with van der Waals surface area (Å²) in [5.74, 6) is 0. The third-order valence-electron chi connectivity index (χ3n) is 3.76. The number of hydrogen-bond donors (Lipinski definition) is 0. The second-order valence-corrected chi connectivity index (χ2v) is 5.30. The maximum absolute atomic E-state index is 6.44. The van der Waals surface area contributed by atoms with E-state index in [9.17, 15) is 0 Å². The topological polar surface area (TPSA) is 17.8 Å². The van der Waals surface area contributed by atoms with Crippen LogP contribution in [-0.4, -0.2) is 9.55 Å². The Morgan fingerprint density at radius 2 is 1.70 bits per heavy atom. The molecule has 0 aliphatic rings. The predicted molar refractivity (Wildman–Crippen MR) is 82.0 cm³/mol. The summed E-state index contributed by atoms with van der Waals surface area (Å²) >= 11 is 6.44. The molecule has 1 atom stereocenters. The van der Waals surface area contributed by atoms with Gasteiger partial charge < -0.3 is 4.57 Å². The molecule has 20 heavy (non-hydrogen) atoms. The van der Waals surface area contributed by atoms with Gasteiger partial charge in [-0.05, 0) is 18.6 Å². The molecule has 3 aromatic rings. The van der Waals surface area contributed by atoms with Crippen LogP contribution in [-0.2, 0) is 5.54 Å². The minimum absolute atomic E-state index is 0.379. The van der Waals surface area contributed by atoms with Gasteiger partial charge in [0.25, 0.3) is 0 Å². The van der Waals surface area contributed by atoms with Crippen molar-refractivity contribution >= 4 is 11.6 Å². The molecule has 1 heterocycles. The third-order valence-corrected chi connectivity index (χ3v) is 4.08. The second-order valence-electron chi connectivity index (χ2n) is 4.89. The molecule has 3 rings (SSSR count). The summed E-state index contributed by atoms with van der Waals surface area (Å²) in [6.07, 6.45) is 5.59. The Balaban J connectivity index is 2.28. The molecule has 2 aromatic carbocycles. The highest BCUT2D eigenvalue weighted by Gasteiger charge is 2.32. The van der Waals surface area contributed by atoms with Crippen LogP contribution in [0.1, 0.15) is 18.1 Å².